The van der Waals surface area contributed by atoms with E-state index in [9.17, 15) is 14.4 Å². The lowest BCUT2D eigenvalue weighted by atomic mass is 10.1. The van der Waals surface area contributed by atoms with Crippen LogP contribution in [-0.2, 0) is 16.1 Å². The first-order valence-electron chi connectivity index (χ1n) is 8.18. The monoisotopic (exact) mass is 348 g/mol. The Morgan fingerprint density at radius 2 is 1.84 bits per heavy atom. The lowest BCUT2D eigenvalue weighted by Crippen LogP contribution is -2.51. The first kappa shape index (κ1) is 20.5. The molecule has 0 aromatic heterocycles. The summed E-state index contributed by atoms with van der Waals surface area (Å²) >= 11 is 0. The molecule has 0 bridgehead atoms. The Bertz CT molecular complexity index is 637. The Morgan fingerprint density at radius 1 is 1.20 bits per heavy atom. The molecule has 0 aliphatic carbocycles. The second kappa shape index (κ2) is 8.50. The number of amides is 4. The summed E-state index contributed by atoms with van der Waals surface area (Å²) in [5, 5.41) is 8.11. The van der Waals surface area contributed by atoms with Crippen LogP contribution in [0.2, 0.25) is 0 Å². The maximum atomic E-state index is 12.1. The average molecular weight is 348 g/mol. The van der Waals surface area contributed by atoms with Gasteiger partial charge < -0.3 is 20.9 Å². The molecule has 3 N–H and O–H groups in total. The van der Waals surface area contributed by atoms with Crippen molar-refractivity contribution in [2.24, 2.45) is 0 Å². The molecule has 0 aliphatic heterocycles. The van der Waals surface area contributed by atoms with Crippen molar-refractivity contribution in [1.29, 1.82) is 0 Å². The van der Waals surface area contributed by atoms with Crippen molar-refractivity contribution in [3.05, 3.63) is 29.8 Å². The number of carbonyl (C=O) groups is 3. The van der Waals surface area contributed by atoms with Crippen molar-refractivity contribution in [3.63, 3.8) is 0 Å². The maximum Gasteiger partial charge on any atom is 0.319 e. The van der Waals surface area contributed by atoms with Crippen molar-refractivity contribution in [1.82, 2.24) is 15.5 Å². The Labute approximate surface area is 149 Å². The van der Waals surface area contributed by atoms with E-state index in [-0.39, 0.29) is 17.4 Å². The Hall–Kier alpha value is -2.57. The number of hydrogen-bond acceptors (Lipinski definition) is 3. The van der Waals surface area contributed by atoms with Gasteiger partial charge in [-0.1, -0.05) is 12.1 Å². The van der Waals surface area contributed by atoms with Crippen molar-refractivity contribution in [2.75, 3.05) is 12.4 Å². The molecule has 7 nitrogen and oxygen atoms in total. The van der Waals surface area contributed by atoms with E-state index in [0.717, 1.165) is 5.56 Å². The predicted octanol–water partition coefficient (Wildman–Crippen LogP) is 2.09. The van der Waals surface area contributed by atoms with E-state index in [1.807, 2.05) is 26.8 Å². The third-order valence-corrected chi connectivity index (χ3v) is 3.38. The van der Waals surface area contributed by atoms with Crippen molar-refractivity contribution in [3.8, 4) is 0 Å². The molecule has 0 spiro atoms. The lowest BCUT2D eigenvalue weighted by molar-refractivity contribution is -0.128. The largest absolute Gasteiger partial charge is 0.350 e. The standard InChI is InChI=1S/C18H28N4O3/c1-12(16(24)21-18(3,4)5)19-17(25)20-15-9-7-8-14(10-15)11-22(6)13(2)23/h7-10,12H,11H2,1-6H3,(H,21,24)(H2,19,20,25)/t12-/m0/s1. The fraction of sp³-hybridized carbons (Fsp3) is 0.500. The summed E-state index contributed by atoms with van der Waals surface area (Å²) in [5.41, 5.74) is 1.13. The van der Waals surface area contributed by atoms with Gasteiger partial charge in [0.2, 0.25) is 11.8 Å². The molecule has 0 heterocycles. The molecule has 1 rings (SSSR count). The molecule has 0 aliphatic rings. The Kier molecular flexibility index (Phi) is 6.97. The minimum atomic E-state index is -0.661. The van der Waals surface area contributed by atoms with E-state index in [4.69, 9.17) is 0 Å². The van der Waals surface area contributed by atoms with Crippen LogP contribution in [0.3, 0.4) is 0 Å². The van der Waals surface area contributed by atoms with Gasteiger partial charge in [0.05, 0.1) is 0 Å². The third-order valence-electron chi connectivity index (χ3n) is 3.38. The fourth-order valence-electron chi connectivity index (χ4n) is 2.04. The van der Waals surface area contributed by atoms with E-state index in [1.165, 1.54) is 6.92 Å². The quantitative estimate of drug-likeness (QED) is 0.761. The molecule has 0 saturated carbocycles. The average Bonchev–Trinajstić information content (AvgIpc) is 2.45. The van der Waals surface area contributed by atoms with Gasteiger partial charge in [0.15, 0.2) is 0 Å². The zero-order valence-corrected chi connectivity index (χ0v) is 15.8. The molecule has 0 saturated heterocycles. The summed E-state index contributed by atoms with van der Waals surface area (Å²) in [6.07, 6.45) is 0. The predicted molar refractivity (Wildman–Crippen MR) is 98.1 cm³/mol. The van der Waals surface area contributed by atoms with Gasteiger partial charge in [0.1, 0.15) is 6.04 Å². The molecule has 7 heteroatoms. The van der Waals surface area contributed by atoms with E-state index < -0.39 is 12.1 Å². The zero-order chi connectivity index (χ0) is 19.2. The first-order valence-corrected chi connectivity index (χ1v) is 8.18. The summed E-state index contributed by atoms with van der Waals surface area (Å²) in [5.74, 6) is -0.283. The molecular formula is C18H28N4O3. The SMILES string of the molecule is CC(=O)N(C)Cc1cccc(NC(=O)N[C@@H](C)C(=O)NC(C)(C)C)c1. The van der Waals surface area contributed by atoms with Gasteiger partial charge in [-0.05, 0) is 45.4 Å². The van der Waals surface area contributed by atoms with Crippen molar-refractivity contribution >= 4 is 23.5 Å². The number of benzene rings is 1. The van der Waals surface area contributed by atoms with Crippen LogP contribution in [-0.4, -0.2) is 41.4 Å². The van der Waals surface area contributed by atoms with Crippen molar-refractivity contribution in [2.45, 2.75) is 52.7 Å². The van der Waals surface area contributed by atoms with Crippen LogP contribution < -0.4 is 16.0 Å². The Morgan fingerprint density at radius 3 is 2.40 bits per heavy atom. The molecule has 138 valence electrons. The van der Waals surface area contributed by atoms with Gasteiger partial charge in [-0.2, -0.15) is 0 Å². The van der Waals surface area contributed by atoms with Crippen LogP contribution in [0.1, 0.15) is 40.2 Å². The smallest absolute Gasteiger partial charge is 0.319 e. The minimum Gasteiger partial charge on any atom is -0.350 e. The fourth-order valence-corrected chi connectivity index (χ4v) is 2.04. The van der Waals surface area contributed by atoms with Crippen LogP contribution in [0.5, 0.6) is 0 Å². The Balaban J connectivity index is 2.62. The number of urea groups is 1. The van der Waals surface area contributed by atoms with Crippen LogP contribution in [0, 0.1) is 0 Å². The second-order valence-electron chi connectivity index (χ2n) is 7.13. The normalized spacial score (nSPS) is 12.1. The van der Waals surface area contributed by atoms with Gasteiger partial charge in [-0.25, -0.2) is 4.79 Å². The molecular weight excluding hydrogens is 320 g/mol. The summed E-state index contributed by atoms with van der Waals surface area (Å²) in [6, 6.07) is 6.09. The van der Waals surface area contributed by atoms with Crippen LogP contribution in [0.15, 0.2) is 24.3 Å². The number of anilines is 1. The molecule has 0 fully saturated rings. The molecule has 4 amide bonds. The van der Waals surface area contributed by atoms with E-state index in [1.54, 1.807) is 37.1 Å². The molecule has 1 atom stereocenters. The third kappa shape index (κ3) is 7.69. The molecule has 0 radical (unpaired) electrons. The molecule has 1 aromatic rings. The van der Waals surface area contributed by atoms with Crippen LogP contribution >= 0.6 is 0 Å². The van der Waals surface area contributed by atoms with E-state index in [2.05, 4.69) is 16.0 Å². The van der Waals surface area contributed by atoms with E-state index >= 15 is 0 Å². The summed E-state index contributed by atoms with van der Waals surface area (Å²) < 4.78 is 0. The first-order chi connectivity index (χ1) is 11.5. The van der Waals surface area contributed by atoms with E-state index in [0.29, 0.717) is 12.2 Å². The van der Waals surface area contributed by atoms with Gasteiger partial charge >= 0.3 is 6.03 Å². The molecule has 0 unspecified atom stereocenters. The highest BCUT2D eigenvalue weighted by Gasteiger charge is 2.20. The minimum absolute atomic E-state index is 0.0326. The zero-order valence-electron chi connectivity index (χ0n) is 15.8. The van der Waals surface area contributed by atoms with Gasteiger partial charge in [0.25, 0.3) is 0 Å². The second-order valence-corrected chi connectivity index (χ2v) is 7.13. The number of carbonyl (C=O) groups excluding carboxylic acids is 3. The summed E-state index contributed by atoms with van der Waals surface area (Å²) in [6.45, 7) is 9.21. The topological polar surface area (TPSA) is 90.5 Å². The molecule has 25 heavy (non-hydrogen) atoms. The highest BCUT2D eigenvalue weighted by molar-refractivity contribution is 5.93. The van der Waals surface area contributed by atoms with Gasteiger partial charge in [0, 0.05) is 31.7 Å². The van der Waals surface area contributed by atoms with Gasteiger partial charge in [-0.3, -0.25) is 9.59 Å². The number of nitrogens with one attached hydrogen (secondary N) is 3. The van der Waals surface area contributed by atoms with Crippen LogP contribution in [0.25, 0.3) is 0 Å². The number of rotatable bonds is 5. The maximum absolute atomic E-state index is 12.1. The van der Waals surface area contributed by atoms with Crippen LogP contribution in [0.4, 0.5) is 10.5 Å². The number of nitrogens with zero attached hydrogens (tertiary/aromatic N) is 1. The van der Waals surface area contributed by atoms with Crippen molar-refractivity contribution < 1.29 is 14.4 Å². The number of hydrogen-bond donors (Lipinski definition) is 3. The lowest BCUT2D eigenvalue weighted by Gasteiger charge is -2.23. The molecule has 1 aromatic carbocycles. The summed E-state index contributed by atoms with van der Waals surface area (Å²) in [7, 11) is 1.71. The summed E-state index contributed by atoms with van der Waals surface area (Å²) in [4.78, 5) is 36.9. The highest BCUT2D eigenvalue weighted by atomic mass is 16.2. The van der Waals surface area contributed by atoms with Gasteiger partial charge in [-0.15, -0.1) is 0 Å². The highest BCUT2D eigenvalue weighted by Crippen LogP contribution is 2.12.